The molecule has 0 spiro atoms. The lowest BCUT2D eigenvalue weighted by molar-refractivity contribution is 0.0952. The van der Waals surface area contributed by atoms with Crippen LogP contribution in [0.1, 0.15) is 58.6 Å². The minimum atomic E-state index is -0.147. The summed E-state index contributed by atoms with van der Waals surface area (Å²) in [5.74, 6) is -0.147. The summed E-state index contributed by atoms with van der Waals surface area (Å²) in [6.45, 7) is 7.79. The fourth-order valence-electron chi connectivity index (χ4n) is 4.02. The largest absolute Gasteiger partial charge is 0.348 e. The van der Waals surface area contributed by atoms with E-state index in [1.54, 1.807) is 10.7 Å². The molecule has 1 saturated heterocycles. The second kappa shape index (κ2) is 8.74. The van der Waals surface area contributed by atoms with Crippen LogP contribution in [-0.4, -0.2) is 38.5 Å². The molecular weight excluding hydrogens is 362 g/mol. The number of amides is 1. The highest BCUT2D eigenvalue weighted by Gasteiger charge is 2.15. The molecule has 0 radical (unpaired) electrons. The molecule has 1 aliphatic heterocycles. The standard InChI is InChI=1S/C23H29N5O/c1-17-13-18(2)28-22(26-17)21(15-25-28)23(29)24-14-19-7-9-20(10-8-19)16-27-11-5-3-4-6-12-27/h7-10,13,15H,3-6,11-12,14,16H2,1-2H3,(H,24,29). The van der Waals surface area contributed by atoms with Gasteiger partial charge in [-0.1, -0.05) is 37.1 Å². The van der Waals surface area contributed by atoms with Crippen LogP contribution in [0.5, 0.6) is 0 Å². The Balaban J connectivity index is 1.37. The molecular formula is C23H29N5O. The van der Waals surface area contributed by atoms with Crippen LogP contribution in [0.2, 0.25) is 0 Å². The Bertz CT molecular complexity index is 984. The van der Waals surface area contributed by atoms with Crippen LogP contribution in [-0.2, 0) is 13.1 Å². The predicted molar refractivity (Wildman–Crippen MR) is 114 cm³/mol. The van der Waals surface area contributed by atoms with Gasteiger partial charge in [-0.2, -0.15) is 5.10 Å². The quantitative estimate of drug-likeness (QED) is 0.721. The Kier molecular flexibility index (Phi) is 5.90. The summed E-state index contributed by atoms with van der Waals surface area (Å²) in [4.78, 5) is 19.7. The maximum absolute atomic E-state index is 12.7. The highest BCUT2D eigenvalue weighted by Crippen LogP contribution is 2.15. The van der Waals surface area contributed by atoms with Crippen molar-refractivity contribution in [1.82, 2.24) is 24.8 Å². The number of benzene rings is 1. The first-order chi connectivity index (χ1) is 14.1. The van der Waals surface area contributed by atoms with Gasteiger partial charge in [-0.25, -0.2) is 9.50 Å². The Morgan fingerprint density at radius 2 is 1.72 bits per heavy atom. The fourth-order valence-corrected chi connectivity index (χ4v) is 4.02. The van der Waals surface area contributed by atoms with Crippen molar-refractivity contribution < 1.29 is 4.79 Å². The van der Waals surface area contributed by atoms with Gasteiger partial charge in [0.1, 0.15) is 5.56 Å². The molecule has 0 atom stereocenters. The zero-order valence-corrected chi connectivity index (χ0v) is 17.3. The summed E-state index contributed by atoms with van der Waals surface area (Å²) in [7, 11) is 0. The van der Waals surface area contributed by atoms with Crippen LogP contribution in [0.4, 0.5) is 0 Å². The second-order valence-corrected chi connectivity index (χ2v) is 8.02. The Labute approximate surface area is 171 Å². The van der Waals surface area contributed by atoms with Gasteiger partial charge in [0.25, 0.3) is 5.91 Å². The van der Waals surface area contributed by atoms with Crippen molar-refractivity contribution in [2.45, 2.75) is 52.6 Å². The van der Waals surface area contributed by atoms with Gasteiger partial charge in [0.2, 0.25) is 0 Å². The van der Waals surface area contributed by atoms with Crippen LogP contribution < -0.4 is 5.32 Å². The number of fused-ring (bicyclic) bond motifs is 1. The van der Waals surface area contributed by atoms with E-state index in [9.17, 15) is 4.79 Å². The van der Waals surface area contributed by atoms with E-state index in [1.165, 1.54) is 44.3 Å². The average molecular weight is 392 g/mol. The first kappa shape index (κ1) is 19.6. The van der Waals surface area contributed by atoms with E-state index >= 15 is 0 Å². The molecule has 1 aliphatic rings. The number of nitrogens with zero attached hydrogens (tertiary/aromatic N) is 4. The Morgan fingerprint density at radius 3 is 2.45 bits per heavy atom. The maximum atomic E-state index is 12.7. The SMILES string of the molecule is Cc1cc(C)n2ncc(C(=O)NCc3ccc(CN4CCCCCC4)cc3)c2n1. The summed E-state index contributed by atoms with van der Waals surface area (Å²) in [5.41, 5.74) is 5.38. The van der Waals surface area contributed by atoms with Crippen LogP contribution in [0.15, 0.2) is 36.5 Å². The number of rotatable bonds is 5. The molecule has 1 aromatic carbocycles. The minimum absolute atomic E-state index is 0.147. The van der Waals surface area contributed by atoms with E-state index in [1.807, 2.05) is 19.9 Å². The van der Waals surface area contributed by atoms with E-state index < -0.39 is 0 Å². The third-order valence-electron chi connectivity index (χ3n) is 5.60. The molecule has 3 aromatic rings. The molecule has 152 valence electrons. The number of nitrogens with one attached hydrogen (secondary N) is 1. The van der Waals surface area contributed by atoms with Crippen molar-refractivity contribution in [2.24, 2.45) is 0 Å². The number of likely N-dealkylation sites (tertiary alicyclic amines) is 1. The van der Waals surface area contributed by atoms with Crippen molar-refractivity contribution in [2.75, 3.05) is 13.1 Å². The summed E-state index contributed by atoms with van der Waals surface area (Å²) in [6, 6.07) is 10.5. The van der Waals surface area contributed by atoms with Gasteiger partial charge in [0.05, 0.1) is 6.20 Å². The number of carbonyl (C=O) groups excluding carboxylic acids is 1. The van der Waals surface area contributed by atoms with E-state index in [2.05, 4.69) is 44.6 Å². The van der Waals surface area contributed by atoms with Crippen LogP contribution in [0, 0.1) is 13.8 Å². The number of carbonyl (C=O) groups is 1. The molecule has 1 N–H and O–H groups in total. The van der Waals surface area contributed by atoms with E-state index in [0.29, 0.717) is 17.8 Å². The third-order valence-corrected chi connectivity index (χ3v) is 5.60. The molecule has 0 aliphatic carbocycles. The zero-order chi connectivity index (χ0) is 20.2. The van der Waals surface area contributed by atoms with Gasteiger partial charge in [0.15, 0.2) is 5.65 Å². The molecule has 4 rings (SSSR count). The summed E-state index contributed by atoms with van der Waals surface area (Å²) in [6.07, 6.45) is 6.92. The smallest absolute Gasteiger partial charge is 0.257 e. The normalized spacial score (nSPS) is 15.4. The van der Waals surface area contributed by atoms with Gasteiger partial charge in [-0.15, -0.1) is 0 Å². The number of aromatic nitrogens is 3. The van der Waals surface area contributed by atoms with E-state index in [4.69, 9.17) is 0 Å². The van der Waals surface area contributed by atoms with Crippen LogP contribution in [0.3, 0.4) is 0 Å². The highest BCUT2D eigenvalue weighted by molar-refractivity contribution is 5.99. The van der Waals surface area contributed by atoms with Gasteiger partial charge in [-0.05, 0) is 57.0 Å². The summed E-state index contributed by atoms with van der Waals surface area (Å²) >= 11 is 0. The number of aryl methyl sites for hydroxylation is 2. The number of hydrogen-bond donors (Lipinski definition) is 1. The van der Waals surface area contributed by atoms with Gasteiger partial charge >= 0.3 is 0 Å². The lowest BCUT2D eigenvalue weighted by Gasteiger charge is -2.19. The molecule has 1 amide bonds. The van der Waals surface area contributed by atoms with Gasteiger partial charge < -0.3 is 5.32 Å². The number of hydrogen-bond acceptors (Lipinski definition) is 4. The van der Waals surface area contributed by atoms with Gasteiger partial charge in [0, 0.05) is 24.5 Å². The monoisotopic (exact) mass is 391 g/mol. The maximum Gasteiger partial charge on any atom is 0.257 e. The Morgan fingerprint density at radius 1 is 1.03 bits per heavy atom. The van der Waals surface area contributed by atoms with Gasteiger partial charge in [-0.3, -0.25) is 9.69 Å². The molecule has 0 bridgehead atoms. The molecule has 0 unspecified atom stereocenters. The van der Waals surface area contributed by atoms with Crippen molar-refractivity contribution in [1.29, 1.82) is 0 Å². The first-order valence-corrected chi connectivity index (χ1v) is 10.5. The van der Waals surface area contributed by atoms with Crippen molar-refractivity contribution in [3.05, 3.63) is 64.6 Å². The second-order valence-electron chi connectivity index (χ2n) is 8.02. The van der Waals surface area contributed by atoms with Crippen molar-refractivity contribution in [3.63, 3.8) is 0 Å². The Hall–Kier alpha value is -2.73. The molecule has 0 saturated carbocycles. The minimum Gasteiger partial charge on any atom is -0.348 e. The molecule has 2 aromatic heterocycles. The molecule has 1 fully saturated rings. The zero-order valence-electron chi connectivity index (χ0n) is 17.3. The lowest BCUT2D eigenvalue weighted by atomic mass is 10.1. The van der Waals surface area contributed by atoms with E-state index in [-0.39, 0.29) is 5.91 Å². The van der Waals surface area contributed by atoms with Crippen LogP contribution >= 0.6 is 0 Å². The first-order valence-electron chi connectivity index (χ1n) is 10.5. The lowest BCUT2D eigenvalue weighted by Crippen LogP contribution is -2.24. The molecule has 6 heteroatoms. The predicted octanol–water partition coefficient (Wildman–Crippen LogP) is 3.65. The fraction of sp³-hybridized carbons (Fsp3) is 0.435. The van der Waals surface area contributed by atoms with Crippen molar-refractivity contribution in [3.8, 4) is 0 Å². The van der Waals surface area contributed by atoms with Crippen molar-refractivity contribution >= 4 is 11.6 Å². The third kappa shape index (κ3) is 4.65. The molecule has 6 nitrogen and oxygen atoms in total. The average Bonchev–Trinajstić information content (AvgIpc) is 2.96. The highest BCUT2D eigenvalue weighted by atomic mass is 16.1. The summed E-state index contributed by atoms with van der Waals surface area (Å²) in [5, 5.41) is 7.30. The van der Waals surface area contributed by atoms with Crippen LogP contribution in [0.25, 0.3) is 5.65 Å². The van der Waals surface area contributed by atoms with E-state index in [0.717, 1.165) is 23.5 Å². The topological polar surface area (TPSA) is 62.5 Å². The molecule has 3 heterocycles. The molecule has 29 heavy (non-hydrogen) atoms. The summed E-state index contributed by atoms with van der Waals surface area (Å²) < 4.78 is 1.71.